The van der Waals surface area contributed by atoms with Crippen molar-refractivity contribution in [3.05, 3.63) is 29.3 Å². The Morgan fingerprint density at radius 2 is 1.94 bits per heavy atom. The number of rotatable bonds is 3. The summed E-state index contributed by atoms with van der Waals surface area (Å²) in [6.45, 7) is 6.70. The molecule has 2 rings (SSSR count). The maximum absolute atomic E-state index is 5.67. The van der Waals surface area contributed by atoms with Gasteiger partial charge in [-0.1, -0.05) is 32.0 Å². The monoisotopic (exact) mass is 233 g/mol. The molecule has 1 N–H and O–H groups in total. The molecular formula is C15H23NO. The molecule has 0 unspecified atom stereocenters. The van der Waals surface area contributed by atoms with Crippen molar-refractivity contribution in [1.82, 2.24) is 5.32 Å². The van der Waals surface area contributed by atoms with E-state index in [1.807, 2.05) is 0 Å². The zero-order chi connectivity index (χ0) is 12.3. The second kappa shape index (κ2) is 5.54. The average Bonchev–Trinajstić information content (AvgIpc) is 2.38. The fraction of sp³-hybridized carbons (Fsp3) is 0.600. The minimum atomic E-state index is 0.520. The van der Waals surface area contributed by atoms with Crippen LogP contribution < -0.4 is 10.1 Å². The highest BCUT2D eigenvalue weighted by Crippen LogP contribution is 2.37. The first-order valence-corrected chi connectivity index (χ1v) is 6.61. The summed E-state index contributed by atoms with van der Waals surface area (Å²) in [5.74, 6) is 2.30. The molecule has 0 spiro atoms. The van der Waals surface area contributed by atoms with Gasteiger partial charge in [-0.05, 0) is 48.9 Å². The molecule has 0 amide bonds. The first-order valence-electron chi connectivity index (χ1n) is 6.61. The first kappa shape index (κ1) is 12.4. The van der Waals surface area contributed by atoms with E-state index in [1.54, 1.807) is 7.11 Å². The van der Waals surface area contributed by atoms with E-state index in [0.717, 1.165) is 18.8 Å². The number of hydrogen-bond acceptors (Lipinski definition) is 2. The first-order chi connectivity index (χ1) is 8.24. The van der Waals surface area contributed by atoms with Crippen LogP contribution in [-0.4, -0.2) is 20.2 Å². The Labute approximate surface area is 104 Å². The summed E-state index contributed by atoms with van der Waals surface area (Å²) >= 11 is 0. The van der Waals surface area contributed by atoms with Crippen LogP contribution in [0.5, 0.6) is 5.75 Å². The van der Waals surface area contributed by atoms with E-state index in [1.165, 1.54) is 24.0 Å². The molecule has 0 atom stereocenters. The third-order valence-corrected chi connectivity index (χ3v) is 3.68. The quantitative estimate of drug-likeness (QED) is 0.865. The minimum Gasteiger partial charge on any atom is -0.496 e. The molecule has 1 aliphatic rings. The molecule has 0 aliphatic carbocycles. The number of nitrogens with one attached hydrogen (secondary N) is 1. The molecule has 0 aromatic heterocycles. The molecule has 1 fully saturated rings. The lowest BCUT2D eigenvalue weighted by Gasteiger charge is -2.26. The molecule has 1 saturated heterocycles. The van der Waals surface area contributed by atoms with Gasteiger partial charge in [0.1, 0.15) is 5.75 Å². The van der Waals surface area contributed by atoms with Crippen LogP contribution in [0, 0.1) is 0 Å². The van der Waals surface area contributed by atoms with Gasteiger partial charge in [0.15, 0.2) is 0 Å². The Hall–Kier alpha value is -1.02. The molecular weight excluding hydrogens is 210 g/mol. The van der Waals surface area contributed by atoms with E-state index in [4.69, 9.17) is 4.74 Å². The van der Waals surface area contributed by atoms with Crippen LogP contribution in [0.1, 0.15) is 49.7 Å². The summed E-state index contributed by atoms with van der Waals surface area (Å²) in [6, 6.07) is 6.60. The van der Waals surface area contributed by atoms with Gasteiger partial charge in [-0.3, -0.25) is 0 Å². The largest absolute Gasteiger partial charge is 0.496 e. The fourth-order valence-corrected chi connectivity index (χ4v) is 2.72. The SMILES string of the molecule is COc1c(C(C)C)cccc1C1CCNCC1. The zero-order valence-corrected chi connectivity index (χ0v) is 11.1. The second-order valence-electron chi connectivity index (χ2n) is 5.15. The summed E-state index contributed by atoms with van der Waals surface area (Å²) in [5.41, 5.74) is 2.74. The molecule has 2 heteroatoms. The lowest BCUT2D eigenvalue weighted by molar-refractivity contribution is 0.385. The predicted molar refractivity (Wildman–Crippen MR) is 71.9 cm³/mol. The molecule has 94 valence electrons. The van der Waals surface area contributed by atoms with Crippen molar-refractivity contribution in [2.24, 2.45) is 0 Å². The second-order valence-corrected chi connectivity index (χ2v) is 5.15. The summed E-state index contributed by atoms with van der Waals surface area (Å²) in [7, 11) is 1.80. The number of benzene rings is 1. The molecule has 2 nitrogen and oxygen atoms in total. The van der Waals surface area contributed by atoms with Gasteiger partial charge < -0.3 is 10.1 Å². The molecule has 1 aromatic carbocycles. The van der Waals surface area contributed by atoms with Crippen molar-refractivity contribution in [3.63, 3.8) is 0 Å². The van der Waals surface area contributed by atoms with Crippen molar-refractivity contribution < 1.29 is 4.74 Å². The Morgan fingerprint density at radius 3 is 2.53 bits per heavy atom. The molecule has 0 bridgehead atoms. The van der Waals surface area contributed by atoms with Crippen LogP contribution in [0.4, 0.5) is 0 Å². The lowest BCUT2D eigenvalue weighted by Crippen LogP contribution is -2.26. The topological polar surface area (TPSA) is 21.3 Å². The molecule has 0 radical (unpaired) electrons. The number of para-hydroxylation sites is 1. The van der Waals surface area contributed by atoms with E-state index in [-0.39, 0.29) is 0 Å². The molecule has 0 saturated carbocycles. The lowest BCUT2D eigenvalue weighted by atomic mass is 9.87. The summed E-state index contributed by atoms with van der Waals surface area (Å²) in [4.78, 5) is 0. The zero-order valence-electron chi connectivity index (χ0n) is 11.1. The summed E-state index contributed by atoms with van der Waals surface area (Å²) < 4.78 is 5.67. The van der Waals surface area contributed by atoms with Crippen LogP contribution >= 0.6 is 0 Å². The van der Waals surface area contributed by atoms with Crippen molar-refractivity contribution in [3.8, 4) is 5.75 Å². The Bertz CT molecular complexity index is 367. The maximum atomic E-state index is 5.67. The number of piperidine rings is 1. The molecule has 17 heavy (non-hydrogen) atoms. The van der Waals surface area contributed by atoms with Gasteiger partial charge in [-0.15, -0.1) is 0 Å². The fourth-order valence-electron chi connectivity index (χ4n) is 2.72. The smallest absolute Gasteiger partial charge is 0.125 e. The van der Waals surface area contributed by atoms with Gasteiger partial charge in [-0.25, -0.2) is 0 Å². The summed E-state index contributed by atoms with van der Waals surface area (Å²) in [5, 5.41) is 3.42. The van der Waals surface area contributed by atoms with Gasteiger partial charge in [0.2, 0.25) is 0 Å². The molecule has 1 heterocycles. The number of methoxy groups -OCH3 is 1. The number of ether oxygens (including phenoxy) is 1. The highest BCUT2D eigenvalue weighted by atomic mass is 16.5. The number of hydrogen-bond donors (Lipinski definition) is 1. The van der Waals surface area contributed by atoms with Crippen LogP contribution in [0.25, 0.3) is 0 Å². The van der Waals surface area contributed by atoms with Crippen LogP contribution in [0.2, 0.25) is 0 Å². The van der Waals surface area contributed by atoms with Gasteiger partial charge in [0.25, 0.3) is 0 Å². The van der Waals surface area contributed by atoms with Gasteiger partial charge in [0.05, 0.1) is 7.11 Å². The maximum Gasteiger partial charge on any atom is 0.125 e. The van der Waals surface area contributed by atoms with Crippen molar-refractivity contribution in [2.75, 3.05) is 20.2 Å². The minimum absolute atomic E-state index is 0.520. The Kier molecular flexibility index (Phi) is 4.06. The van der Waals surface area contributed by atoms with Gasteiger partial charge in [0, 0.05) is 0 Å². The Morgan fingerprint density at radius 1 is 1.24 bits per heavy atom. The standard InChI is InChI=1S/C15H23NO/c1-11(2)13-5-4-6-14(15(13)17-3)12-7-9-16-10-8-12/h4-6,11-12,16H,7-10H2,1-3H3. The third kappa shape index (κ3) is 2.63. The van der Waals surface area contributed by atoms with Crippen molar-refractivity contribution in [2.45, 2.75) is 38.5 Å². The van der Waals surface area contributed by atoms with Crippen molar-refractivity contribution in [1.29, 1.82) is 0 Å². The van der Waals surface area contributed by atoms with E-state index in [0.29, 0.717) is 11.8 Å². The highest BCUT2D eigenvalue weighted by molar-refractivity contribution is 5.45. The van der Waals surface area contributed by atoms with Crippen molar-refractivity contribution >= 4 is 0 Å². The normalized spacial score (nSPS) is 17.4. The van der Waals surface area contributed by atoms with Crippen LogP contribution in [0.3, 0.4) is 0 Å². The predicted octanol–water partition coefficient (Wildman–Crippen LogP) is 3.29. The Balaban J connectivity index is 2.35. The van der Waals surface area contributed by atoms with E-state index >= 15 is 0 Å². The molecule has 1 aromatic rings. The van der Waals surface area contributed by atoms with E-state index < -0.39 is 0 Å². The van der Waals surface area contributed by atoms with Gasteiger partial charge >= 0.3 is 0 Å². The third-order valence-electron chi connectivity index (χ3n) is 3.68. The molecule has 1 aliphatic heterocycles. The average molecular weight is 233 g/mol. The van der Waals surface area contributed by atoms with E-state index in [2.05, 4.69) is 37.4 Å². The van der Waals surface area contributed by atoms with E-state index in [9.17, 15) is 0 Å². The highest BCUT2D eigenvalue weighted by Gasteiger charge is 2.21. The van der Waals surface area contributed by atoms with Crippen LogP contribution in [0.15, 0.2) is 18.2 Å². The van der Waals surface area contributed by atoms with Gasteiger partial charge in [-0.2, -0.15) is 0 Å². The van der Waals surface area contributed by atoms with Crippen LogP contribution in [-0.2, 0) is 0 Å². The summed E-state index contributed by atoms with van der Waals surface area (Å²) in [6.07, 6.45) is 2.44.